The summed E-state index contributed by atoms with van der Waals surface area (Å²) in [5.41, 5.74) is 0. The zero-order valence-corrected chi connectivity index (χ0v) is 16.9. The molecule has 0 spiro atoms. The number of benzene rings is 1. The Bertz CT molecular complexity index is 603. The van der Waals surface area contributed by atoms with Crippen molar-refractivity contribution in [2.24, 2.45) is 0 Å². The summed E-state index contributed by atoms with van der Waals surface area (Å²) in [7, 11) is 1.43. The Labute approximate surface area is 169 Å². The molecule has 1 aromatic carbocycles. The molecule has 1 atom stereocenters. The molecule has 0 aromatic heterocycles. The third kappa shape index (κ3) is 8.30. The number of hydrogen-bond acceptors (Lipinski definition) is 6. The Balaban J connectivity index is 1.99. The molecule has 1 aliphatic heterocycles. The standard InChI is InChI=1S/C22H33N3O3/c1-3-4-5-7-11-20-18-23-14-17-24(19-22(26)27-2)15-10-16-25(20)28-21-12-8-6-9-13-21/h1,6,8-9,12-13,20,23H,4-5,7,10-11,14-19H2,2H3. The van der Waals surface area contributed by atoms with Crippen molar-refractivity contribution in [1.82, 2.24) is 15.3 Å². The van der Waals surface area contributed by atoms with Gasteiger partial charge in [-0.25, -0.2) is 0 Å². The summed E-state index contributed by atoms with van der Waals surface area (Å²) in [6, 6.07) is 10.2. The van der Waals surface area contributed by atoms with Crippen molar-refractivity contribution in [2.45, 2.75) is 38.1 Å². The van der Waals surface area contributed by atoms with Gasteiger partial charge >= 0.3 is 5.97 Å². The fraction of sp³-hybridized carbons (Fsp3) is 0.591. The number of ether oxygens (including phenoxy) is 1. The van der Waals surface area contributed by atoms with Gasteiger partial charge in [-0.2, -0.15) is 0 Å². The largest absolute Gasteiger partial charge is 0.468 e. The van der Waals surface area contributed by atoms with Crippen LogP contribution in [-0.4, -0.2) is 68.4 Å². The second-order valence-corrected chi connectivity index (χ2v) is 7.06. The number of methoxy groups -OCH3 is 1. The van der Waals surface area contributed by atoms with Crippen LogP contribution >= 0.6 is 0 Å². The second kappa shape index (κ2) is 13.2. The van der Waals surface area contributed by atoms with E-state index in [2.05, 4.69) is 21.2 Å². The number of carbonyl (C=O) groups is 1. The van der Waals surface area contributed by atoms with E-state index in [1.807, 2.05) is 30.3 Å². The van der Waals surface area contributed by atoms with Crippen LogP contribution in [0, 0.1) is 12.3 Å². The summed E-state index contributed by atoms with van der Waals surface area (Å²) in [6.07, 6.45) is 10.3. The molecule has 0 saturated carbocycles. The maximum atomic E-state index is 11.6. The number of hydroxylamine groups is 2. The van der Waals surface area contributed by atoms with E-state index in [1.54, 1.807) is 0 Å². The Morgan fingerprint density at radius 2 is 2.07 bits per heavy atom. The van der Waals surface area contributed by atoms with E-state index >= 15 is 0 Å². The molecule has 1 N–H and O–H groups in total. The Kier molecular flexibility index (Phi) is 10.4. The topological polar surface area (TPSA) is 54.0 Å². The fourth-order valence-corrected chi connectivity index (χ4v) is 3.35. The van der Waals surface area contributed by atoms with Crippen LogP contribution < -0.4 is 10.2 Å². The van der Waals surface area contributed by atoms with Crippen molar-refractivity contribution in [3.05, 3.63) is 30.3 Å². The highest BCUT2D eigenvalue weighted by atomic mass is 16.7. The lowest BCUT2D eigenvalue weighted by Crippen LogP contribution is -2.48. The Morgan fingerprint density at radius 3 is 2.82 bits per heavy atom. The predicted molar refractivity (Wildman–Crippen MR) is 111 cm³/mol. The van der Waals surface area contributed by atoms with Gasteiger partial charge < -0.3 is 14.9 Å². The summed E-state index contributed by atoms with van der Waals surface area (Å²) in [4.78, 5) is 20.0. The van der Waals surface area contributed by atoms with E-state index in [1.165, 1.54) is 7.11 Å². The molecule has 1 aromatic rings. The summed E-state index contributed by atoms with van der Waals surface area (Å²) in [5.74, 6) is 3.37. The highest BCUT2D eigenvalue weighted by Gasteiger charge is 2.22. The van der Waals surface area contributed by atoms with E-state index in [0.717, 1.165) is 70.6 Å². The van der Waals surface area contributed by atoms with Crippen molar-refractivity contribution in [2.75, 3.05) is 46.4 Å². The molecule has 2 rings (SSSR count). The number of esters is 1. The number of carbonyl (C=O) groups excluding carboxylic acids is 1. The van der Waals surface area contributed by atoms with Gasteiger partial charge in [-0.05, 0) is 31.4 Å². The summed E-state index contributed by atoms with van der Waals surface area (Å²) >= 11 is 0. The van der Waals surface area contributed by atoms with E-state index in [0.29, 0.717) is 6.54 Å². The quantitative estimate of drug-likeness (QED) is 0.420. The zero-order chi connectivity index (χ0) is 20.0. The molecule has 1 saturated heterocycles. The minimum absolute atomic E-state index is 0.194. The maximum Gasteiger partial charge on any atom is 0.319 e. The zero-order valence-electron chi connectivity index (χ0n) is 16.9. The highest BCUT2D eigenvalue weighted by Crippen LogP contribution is 2.17. The first kappa shape index (κ1) is 22.2. The first-order chi connectivity index (χ1) is 13.7. The lowest BCUT2D eigenvalue weighted by Gasteiger charge is -2.33. The Hall–Kier alpha value is -2.07. The Morgan fingerprint density at radius 1 is 1.25 bits per heavy atom. The molecule has 6 heteroatoms. The van der Waals surface area contributed by atoms with Crippen LogP contribution in [0.15, 0.2) is 30.3 Å². The molecule has 0 amide bonds. The molecular formula is C22H33N3O3. The first-order valence-electron chi connectivity index (χ1n) is 10.2. The number of terminal acetylenes is 1. The van der Waals surface area contributed by atoms with E-state index in [4.69, 9.17) is 16.0 Å². The van der Waals surface area contributed by atoms with E-state index in [9.17, 15) is 4.79 Å². The van der Waals surface area contributed by atoms with E-state index in [-0.39, 0.29) is 12.0 Å². The van der Waals surface area contributed by atoms with Gasteiger partial charge in [0.05, 0.1) is 19.7 Å². The number of para-hydroxylation sites is 1. The minimum Gasteiger partial charge on any atom is -0.468 e. The van der Waals surface area contributed by atoms with Gasteiger partial charge in [-0.3, -0.25) is 9.69 Å². The van der Waals surface area contributed by atoms with Crippen LogP contribution in [0.5, 0.6) is 5.75 Å². The van der Waals surface area contributed by atoms with Crippen molar-refractivity contribution >= 4 is 5.97 Å². The lowest BCUT2D eigenvalue weighted by molar-refractivity contribution is -0.142. The van der Waals surface area contributed by atoms with Crippen molar-refractivity contribution in [3.63, 3.8) is 0 Å². The monoisotopic (exact) mass is 387 g/mol. The van der Waals surface area contributed by atoms with Gasteiger partial charge in [0.2, 0.25) is 0 Å². The second-order valence-electron chi connectivity index (χ2n) is 7.06. The van der Waals surface area contributed by atoms with Gasteiger partial charge in [0.1, 0.15) is 5.75 Å². The minimum atomic E-state index is -0.194. The normalized spacial score (nSPS) is 19.5. The number of rotatable bonds is 8. The average molecular weight is 388 g/mol. The number of hydrogen-bond donors (Lipinski definition) is 1. The number of nitrogens with one attached hydrogen (secondary N) is 1. The molecular weight excluding hydrogens is 354 g/mol. The molecule has 1 aliphatic rings. The molecule has 28 heavy (non-hydrogen) atoms. The van der Waals surface area contributed by atoms with Gasteiger partial charge in [0.25, 0.3) is 0 Å². The van der Waals surface area contributed by atoms with Gasteiger partial charge in [-0.1, -0.05) is 24.6 Å². The smallest absolute Gasteiger partial charge is 0.319 e. The molecule has 1 heterocycles. The summed E-state index contributed by atoms with van der Waals surface area (Å²) in [5, 5.41) is 5.62. The molecule has 6 nitrogen and oxygen atoms in total. The SMILES string of the molecule is C#CCCCCC1CNCCN(CC(=O)OC)CCCN1Oc1ccccc1. The average Bonchev–Trinajstić information content (AvgIpc) is 2.72. The van der Waals surface area contributed by atoms with Gasteiger partial charge in [0, 0.05) is 39.1 Å². The molecule has 1 fully saturated rings. The molecule has 0 bridgehead atoms. The molecule has 0 aliphatic carbocycles. The van der Waals surface area contributed by atoms with Crippen molar-refractivity contribution in [1.29, 1.82) is 0 Å². The predicted octanol–water partition coefficient (Wildman–Crippen LogP) is 2.31. The van der Waals surface area contributed by atoms with Crippen LogP contribution in [0.2, 0.25) is 0 Å². The van der Waals surface area contributed by atoms with Crippen LogP contribution in [-0.2, 0) is 9.53 Å². The fourth-order valence-electron chi connectivity index (χ4n) is 3.35. The third-order valence-electron chi connectivity index (χ3n) is 4.90. The number of nitrogens with zero attached hydrogens (tertiary/aromatic N) is 2. The molecule has 154 valence electrons. The lowest BCUT2D eigenvalue weighted by atomic mass is 10.1. The van der Waals surface area contributed by atoms with Gasteiger partial charge in [0.15, 0.2) is 0 Å². The third-order valence-corrected chi connectivity index (χ3v) is 4.90. The van der Waals surface area contributed by atoms with Crippen LogP contribution in [0.3, 0.4) is 0 Å². The van der Waals surface area contributed by atoms with Gasteiger partial charge in [-0.15, -0.1) is 17.4 Å². The maximum absolute atomic E-state index is 11.6. The van der Waals surface area contributed by atoms with Crippen molar-refractivity contribution in [3.8, 4) is 18.1 Å². The van der Waals surface area contributed by atoms with Crippen LogP contribution in [0.25, 0.3) is 0 Å². The summed E-state index contributed by atoms with van der Waals surface area (Å²) < 4.78 is 4.81. The van der Waals surface area contributed by atoms with Crippen LogP contribution in [0.1, 0.15) is 32.1 Å². The first-order valence-corrected chi connectivity index (χ1v) is 10.2. The highest BCUT2D eigenvalue weighted by molar-refractivity contribution is 5.71. The van der Waals surface area contributed by atoms with E-state index < -0.39 is 0 Å². The number of unbranched alkanes of at least 4 members (excludes halogenated alkanes) is 2. The van der Waals surface area contributed by atoms with Crippen molar-refractivity contribution < 1.29 is 14.4 Å². The summed E-state index contributed by atoms with van der Waals surface area (Å²) in [6.45, 7) is 4.46. The van der Waals surface area contributed by atoms with Crippen LogP contribution in [0.4, 0.5) is 0 Å². The molecule has 1 unspecified atom stereocenters. The molecule has 0 radical (unpaired) electrons.